The molecule has 2 aromatic rings. The van der Waals surface area contributed by atoms with Crippen molar-refractivity contribution in [3.63, 3.8) is 0 Å². The average molecular weight is 247 g/mol. The summed E-state index contributed by atoms with van der Waals surface area (Å²) in [6.07, 6.45) is 1.24. The van der Waals surface area contributed by atoms with Crippen LogP contribution in [0.5, 0.6) is 0 Å². The number of rotatable bonds is 3. The molecular formula is C10H9N5O3. The van der Waals surface area contributed by atoms with Crippen molar-refractivity contribution >= 4 is 17.5 Å². The number of nitrogens with one attached hydrogen (secondary N) is 2. The highest BCUT2D eigenvalue weighted by atomic mass is 16.6. The second-order valence-electron chi connectivity index (χ2n) is 3.55. The van der Waals surface area contributed by atoms with Gasteiger partial charge in [-0.05, 0) is 13.0 Å². The first-order valence-electron chi connectivity index (χ1n) is 4.99. The van der Waals surface area contributed by atoms with Crippen LogP contribution >= 0.6 is 0 Å². The minimum absolute atomic E-state index is 0.0970. The minimum Gasteiger partial charge on any atom is -0.291 e. The summed E-state index contributed by atoms with van der Waals surface area (Å²) < 4.78 is 0. The summed E-state index contributed by atoms with van der Waals surface area (Å²) in [5, 5.41) is 19.2. The maximum atomic E-state index is 11.8. The molecule has 0 aliphatic rings. The van der Waals surface area contributed by atoms with Gasteiger partial charge in [-0.3, -0.25) is 20.2 Å². The predicted molar refractivity (Wildman–Crippen MR) is 62.2 cm³/mol. The van der Waals surface area contributed by atoms with Gasteiger partial charge >= 0.3 is 0 Å². The number of hydrogen-bond donors (Lipinski definition) is 2. The molecule has 0 atom stereocenters. The van der Waals surface area contributed by atoms with Crippen molar-refractivity contribution in [2.75, 3.05) is 5.32 Å². The fourth-order valence-electron chi connectivity index (χ4n) is 1.39. The summed E-state index contributed by atoms with van der Waals surface area (Å²) in [5.41, 5.74) is 0.583. The fourth-order valence-corrected chi connectivity index (χ4v) is 1.39. The lowest BCUT2D eigenvalue weighted by molar-refractivity contribution is -0.385. The van der Waals surface area contributed by atoms with E-state index < -0.39 is 10.8 Å². The predicted octanol–water partition coefficient (Wildman–Crippen LogP) is 1.27. The monoisotopic (exact) mass is 247 g/mol. The Morgan fingerprint density at radius 2 is 2.28 bits per heavy atom. The molecule has 2 rings (SSSR count). The highest BCUT2D eigenvalue weighted by Crippen LogP contribution is 2.19. The van der Waals surface area contributed by atoms with Gasteiger partial charge in [-0.25, -0.2) is 5.10 Å². The van der Waals surface area contributed by atoms with Crippen LogP contribution in [0.2, 0.25) is 0 Å². The first-order valence-corrected chi connectivity index (χ1v) is 4.99. The van der Waals surface area contributed by atoms with Gasteiger partial charge in [-0.2, -0.15) is 10.1 Å². The smallest absolute Gasteiger partial charge is 0.273 e. The zero-order valence-electron chi connectivity index (χ0n) is 9.38. The zero-order chi connectivity index (χ0) is 13.1. The lowest BCUT2D eigenvalue weighted by Crippen LogP contribution is -2.13. The van der Waals surface area contributed by atoms with E-state index in [4.69, 9.17) is 0 Å². The van der Waals surface area contributed by atoms with Crippen LogP contribution in [0.25, 0.3) is 0 Å². The van der Waals surface area contributed by atoms with Crippen molar-refractivity contribution < 1.29 is 9.72 Å². The van der Waals surface area contributed by atoms with E-state index in [2.05, 4.69) is 20.5 Å². The highest BCUT2D eigenvalue weighted by molar-refractivity contribution is 6.03. The number of aromatic nitrogens is 3. The van der Waals surface area contributed by atoms with Crippen molar-refractivity contribution in [1.29, 1.82) is 0 Å². The number of hydrogen-bond acceptors (Lipinski definition) is 5. The Hall–Kier alpha value is -2.77. The number of benzene rings is 1. The third-order valence-corrected chi connectivity index (χ3v) is 2.31. The summed E-state index contributed by atoms with van der Waals surface area (Å²) in [4.78, 5) is 25.7. The molecule has 2 N–H and O–H groups in total. The van der Waals surface area contributed by atoms with Crippen LogP contribution in [0.15, 0.2) is 24.5 Å². The van der Waals surface area contributed by atoms with Crippen molar-refractivity contribution in [3.05, 3.63) is 45.8 Å². The minimum atomic E-state index is -0.527. The summed E-state index contributed by atoms with van der Waals surface area (Å²) in [6.45, 7) is 1.61. The molecule has 1 heterocycles. The number of carbonyl (C=O) groups excluding carboxylic acids is 1. The van der Waals surface area contributed by atoms with Crippen molar-refractivity contribution in [1.82, 2.24) is 15.2 Å². The lowest BCUT2D eigenvalue weighted by atomic mass is 10.1. The normalized spacial score (nSPS) is 10.1. The molecule has 0 spiro atoms. The number of nitro groups is 1. The third-order valence-electron chi connectivity index (χ3n) is 2.31. The van der Waals surface area contributed by atoms with Crippen LogP contribution in [-0.4, -0.2) is 26.0 Å². The van der Waals surface area contributed by atoms with Crippen LogP contribution in [0.1, 0.15) is 15.9 Å². The Balaban J connectivity index is 2.26. The van der Waals surface area contributed by atoms with Gasteiger partial charge in [0.15, 0.2) is 0 Å². The molecule has 0 saturated heterocycles. The molecule has 0 aliphatic heterocycles. The Morgan fingerprint density at radius 1 is 1.50 bits per heavy atom. The molecule has 8 heteroatoms. The van der Waals surface area contributed by atoms with Crippen LogP contribution in [0.4, 0.5) is 11.6 Å². The first kappa shape index (κ1) is 11.7. The van der Waals surface area contributed by atoms with E-state index in [0.29, 0.717) is 5.56 Å². The molecule has 92 valence electrons. The van der Waals surface area contributed by atoms with Gasteiger partial charge in [0, 0.05) is 17.2 Å². The number of H-pyrrole nitrogens is 1. The van der Waals surface area contributed by atoms with Crippen molar-refractivity contribution in [2.24, 2.45) is 0 Å². The van der Waals surface area contributed by atoms with E-state index in [1.807, 2.05) is 0 Å². The standard InChI is InChI=1S/C10H9N5O3/c1-6-2-3-7(4-8(6)15(17)18)9(16)13-10-11-5-12-14-10/h2-5H,1H3,(H2,11,12,13,14,16). The van der Waals surface area contributed by atoms with E-state index in [-0.39, 0.29) is 17.2 Å². The Morgan fingerprint density at radius 3 is 2.89 bits per heavy atom. The maximum Gasteiger partial charge on any atom is 0.273 e. The Bertz CT molecular complexity index is 594. The summed E-state index contributed by atoms with van der Waals surface area (Å²) in [6, 6.07) is 4.25. The Labute approximate surface area is 101 Å². The molecule has 8 nitrogen and oxygen atoms in total. The van der Waals surface area contributed by atoms with Crippen LogP contribution in [0.3, 0.4) is 0 Å². The molecule has 0 radical (unpaired) electrons. The first-order chi connectivity index (χ1) is 8.58. The number of aryl methyl sites for hydroxylation is 1. The second-order valence-corrected chi connectivity index (χ2v) is 3.55. The van der Waals surface area contributed by atoms with Crippen molar-refractivity contribution in [3.8, 4) is 0 Å². The molecule has 0 bridgehead atoms. The molecule has 1 aromatic heterocycles. The summed E-state index contributed by atoms with van der Waals surface area (Å²) in [7, 11) is 0. The molecule has 0 saturated carbocycles. The second kappa shape index (κ2) is 4.62. The van der Waals surface area contributed by atoms with Crippen molar-refractivity contribution in [2.45, 2.75) is 6.92 Å². The number of aromatic amines is 1. The number of nitrogens with zero attached hydrogens (tertiary/aromatic N) is 3. The summed E-state index contributed by atoms with van der Waals surface area (Å²) >= 11 is 0. The van der Waals surface area contributed by atoms with E-state index in [0.717, 1.165) is 0 Å². The molecule has 1 aromatic carbocycles. The van der Waals surface area contributed by atoms with Gasteiger partial charge < -0.3 is 0 Å². The number of amides is 1. The number of nitro benzene ring substituents is 1. The van der Waals surface area contributed by atoms with Crippen LogP contribution in [0, 0.1) is 17.0 Å². The summed E-state index contributed by atoms with van der Waals surface area (Å²) in [5.74, 6) is -0.307. The van der Waals surface area contributed by atoms with E-state index in [1.54, 1.807) is 6.92 Å². The maximum absolute atomic E-state index is 11.8. The number of carbonyl (C=O) groups is 1. The molecular weight excluding hydrogens is 238 g/mol. The fraction of sp³-hybridized carbons (Fsp3) is 0.100. The third kappa shape index (κ3) is 2.32. The van der Waals surface area contributed by atoms with E-state index in [9.17, 15) is 14.9 Å². The van der Waals surface area contributed by atoms with Gasteiger partial charge in [-0.1, -0.05) is 6.07 Å². The van der Waals surface area contributed by atoms with Crippen LogP contribution in [-0.2, 0) is 0 Å². The van der Waals surface area contributed by atoms with Gasteiger partial charge in [0.25, 0.3) is 11.6 Å². The average Bonchev–Trinajstić information content (AvgIpc) is 2.81. The quantitative estimate of drug-likeness (QED) is 0.626. The molecule has 1 amide bonds. The molecule has 0 unspecified atom stereocenters. The van der Waals surface area contributed by atoms with E-state index in [1.165, 1.54) is 24.5 Å². The SMILES string of the molecule is Cc1ccc(C(=O)Nc2ncn[nH]2)cc1[N+](=O)[O-]. The highest BCUT2D eigenvalue weighted by Gasteiger charge is 2.15. The van der Waals surface area contributed by atoms with Gasteiger partial charge in [0.05, 0.1) is 4.92 Å². The van der Waals surface area contributed by atoms with E-state index >= 15 is 0 Å². The largest absolute Gasteiger partial charge is 0.291 e. The van der Waals surface area contributed by atoms with Gasteiger partial charge in [-0.15, -0.1) is 0 Å². The molecule has 18 heavy (non-hydrogen) atoms. The van der Waals surface area contributed by atoms with Crippen LogP contribution < -0.4 is 5.32 Å². The zero-order valence-corrected chi connectivity index (χ0v) is 9.38. The van der Waals surface area contributed by atoms with Gasteiger partial charge in [0.1, 0.15) is 6.33 Å². The van der Waals surface area contributed by atoms with Gasteiger partial charge in [0.2, 0.25) is 5.95 Å². The topological polar surface area (TPSA) is 114 Å². The molecule has 0 aliphatic carbocycles. The molecule has 0 fully saturated rings. The number of anilines is 1. The lowest BCUT2D eigenvalue weighted by Gasteiger charge is -2.02. The Kier molecular flexibility index (Phi) is 3.00.